The molecule has 1 heterocycles. The van der Waals surface area contributed by atoms with Crippen molar-refractivity contribution < 1.29 is 0 Å². The summed E-state index contributed by atoms with van der Waals surface area (Å²) in [7, 11) is 0. The van der Waals surface area contributed by atoms with Crippen molar-refractivity contribution in [1.82, 2.24) is 0 Å². The Kier molecular flexibility index (Phi) is 9.44. The number of nitrogens with zero attached hydrogens (tertiary/aromatic N) is 3. The van der Waals surface area contributed by atoms with Crippen LogP contribution in [0.5, 0.6) is 0 Å². The normalized spacial score (nSPS) is 11.1. The lowest BCUT2D eigenvalue weighted by Gasteiger charge is -2.29. The Morgan fingerprint density at radius 2 is 0.534 bits per heavy atom. The van der Waals surface area contributed by atoms with Gasteiger partial charge in [0.1, 0.15) is 0 Å². The van der Waals surface area contributed by atoms with Crippen molar-refractivity contribution in [2.75, 3.05) is 14.7 Å². The highest BCUT2D eigenvalue weighted by Gasteiger charge is 2.20. The Morgan fingerprint density at radius 3 is 0.966 bits per heavy atom. The predicted molar refractivity (Wildman–Crippen MR) is 249 cm³/mol. The number of rotatable bonds is 10. The second kappa shape index (κ2) is 15.6. The second-order valence-corrected chi connectivity index (χ2v) is 15.3. The topological polar surface area (TPSA) is 9.72 Å². The van der Waals surface area contributed by atoms with Crippen LogP contribution in [0.3, 0.4) is 0 Å². The van der Waals surface area contributed by atoms with Crippen LogP contribution in [-0.4, -0.2) is 0 Å². The van der Waals surface area contributed by atoms with Crippen LogP contribution in [0, 0.1) is 0 Å². The molecule has 9 aromatic carbocycles. The van der Waals surface area contributed by atoms with E-state index in [9.17, 15) is 0 Å². The minimum Gasteiger partial charge on any atom is -0.310 e. The van der Waals surface area contributed by atoms with Crippen molar-refractivity contribution in [2.24, 2.45) is 0 Å². The van der Waals surface area contributed by atoms with Crippen LogP contribution in [0.4, 0.5) is 51.2 Å². The Labute approximate surface area is 343 Å². The Bertz CT molecular complexity index is 2870. The molecule has 0 saturated heterocycles. The van der Waals surface area contributed by atoms with Crippen molar-refractivity contribution in [2.45, 2.75) is 0 Å². The maximum atomic E-state index is 2.39. The zero-order valence-electron chi connectivity index (χ0n) is 31.8. The maximum absolute atomic E-state index is 2.39. The molecule has 0 unspecified atom stereocenters. The standard InChI is InChI=1S/C54H39N3S/c1-6-18-40(19-7-1)41-20-16-29-46(36-41)57(48-31-17-30-47(37-48)55(42-21-8-2-9-22-42)43-23-10-3-11-24-43)50-33-35-52-51-34-32-49(38-53(51)58-54(52)39-50)56(44-25-12-4-13-26-44)45-27-14-5-15-28-45/h1-39H. The van der Waals surface area contributed by atoms with E-state index in [1.54, 1.807) is 0 Å². The molecule has 58 heavy (non-hydrogen) atoms. The first-order valence-corrected chi connectivity index (χ1v) is 20.4. The summed E-state index contributed by atoms with van der Waals surface area (Å²) in [5.41, 5.74) is 12.3. The summed E-state index contributed by atoms with van der Waals surface area (Å²) in [5.74, 6) is 0. The second-order valence-electron chi connectivity index (χ2n) is 14.2. The Balaban J connectivity index is 1.11. The number of thiophene rings is 1. The highest BCUT2D eigenvalue weighted by molar-refractivity contribution is 7.25. The fourth-order valence-corrected chi connectivity index (χ4v) is 9.08. The van der Waals surface area contributed by atoms with Gasteiger partial charge < -0.3 is 14.7 Å². The third-order valence-electron chi connectivity index (χ3n) is 10.6. The maximum Gasteiger partial charge on any atom is 0.0482 e. The lowest BCUT2D eigenvalue weighted by atomic mass is 10.0. The van der Waals surface area contributed by atoms with Gasteiger partial charge in [-0.2, -0.15) is 0 Å². The van der Waals surface area contributed by atoms with Crippen LogP contribution in [0.15, 0.2) is 237 Å². The van der Waals surface area contributed by atoms with E-state index in [0.29, 0.717) is 0 Å². The predicted octanol–water partition coefficient (Wildman–Crippen LogP) is 16.1. The van der Waals surface area contributed by atoms with Crippen LogP contribution in [0.2, 0.25) is 0 Å². The van der Waals surface area contributed by atoms with Crippen molar-refractivity contribution >= 4 is 82.7 Å². The fraction of sp³-hybridized carbons (Fsp3) is 0. The number of fused-ring (bicyclic) bond motifs is 3. The molecule has 4 heteroatoms. The number of benzene rings is 9. The molecule has 0 spiro atoms. The molecule has 0 radical (unpaired) electrons. The minimum atomic E-state index is 1.07. The summed E-state index contributed by atoms with van der Waals surface area (Å²) in [4.78, 5) is 7.05. The molecular formula is C54H39N3S. The van der Waals surface area contributed by atoms with Gasteiger partial charge in [-0.1, -0.05) is 133 Å². The van der Waals surface area contributed by atoms with Gasteiger partial charge >= 0.3 is 0 Å². The van der Waals surface area contributed by atoms with E-state index in [1.807, 2.05) is 11.3 Å². The quantitative estimate of drug-likeness (QED) is 0.137. The van der Waals surface area contributed by atoms with Crippen molar-refractivity contribution in [3.8, 4) is 11.1 Å². The van der Waals surface area contributed by atoms with E-state index < -0.39 is 0 Å². The molecule has 10 rings (SSSR count). The molecular weight excluding hydrogens is 723 g/mol. The Morgan fingerprint density at radius 1 is 0.224 bits per heavy atom. The zero-order chi connectivity index (χ0) is 38.7. The molecule has 10 aromatic rings. The highest BCUT2D eigenvalue weighted by Crippen LogP contribution is 2.45. The molecule has 0 aliphatic rings. The van der Waals surface area contributed by atoms with Crippen molar-refractivity contribution in [3.63, 3.8) is 0 Å². The summed E-state index contributed by atoms with van der Waals surface area (Å²) < 4.78 is 2.49. The minimum absolute atomic E-state index is 1.07. The number of hydrogen-bond acceptors (Lipinski definition) is 4. The smallest absolute Gasteiger partial charge is 0.0482 e. The molecule has 0 amide bonds. The summed E-state index contributed by atoms with van der Waals surface area (Å²) >= 11 is 1.85. The van der Waals surface area contributed by atoms with E-state index in [0.717, 1.165) is 51.2 Å². The van der Waals surface area contributed by atoms with Gasteiger partial charge in [0.05, 0.1) is 0 Å². The van der Waals surface area contributed by atoms with Gasteiger partial charge in [0.15, 0.2) is 0 Å². The molecule has 0 saturated carbocycles. The van der Waals surface area contributed by atoms with Gasteiger partial charge in [-0.05, 0) is 114 Å². The Hall–Kier alpha value is -7.40. The van der Waals surface area contributed by atoms with Gasteiger partial charge in [0.2, 0.25) is 0 Å². The van der Waals surface area contributed by atoms with Gasteiger partial charge in [-0.25, -0.2) is 0 Å². The van der Waals surface area contributed by atoms with Crippen LogP contribution in [0.1, 0.15) is 0 Å². The van der Waals surface area contributed by atoms with E-state index in [1.165, 1.54) is 31.3 Å². The van der Waals surface area contributed by atoms with E-state index in [2.05, 4.69) is 251 Å². The molecule has 3 nitrogen and oxygen atoms in total. The van der Waals surface area contributed by atoms with Gasteiger partial charge in [0, 0.05) is 71.4 Å². The largest absolute Gasteiger partial charge is 0.310 e. The summed E-state index contributed by atoms with van der Waals surface area (Å²) in [6.07, 6.45) is 0. The first-order valence-electron chi connectivity index (χ1n) is 19.6. The van der Waals surface area contributed by atoms with Crippen LogP contribution < -0.4 is 14.7 Å². The average molecular weight is 762 g/mol. The van der Waals surface area contributed by atoms with Crippen molar-refractivity contribution in [1.29, 1.82) is 0 Å². The summed E-state index contributed by atoms with van der Waals surface area (Å²) in [6, 6.07) is 84.6. The highest BCUT2D eigenvalue weighted by atomic mass is 32.1. The summed E-state index contributed by atoms with van der Waals surface area (Å²) in [5, 5.41) is 2.52. The molecule has 0 atom stereocenters. The van der Waals surface area contributed by atoms with E-state index >= 15 is 0 Å². The number of hydrogen-bond donors (Lipinski definition) is 0. The van der Waals surface area contributed by atoms with E-state index in [-0.39, 0.29) is 0 Å². The molecule has 0 bridgehead atoms. The first kappa shape index (κ1) is 35.0. The molecule has 1 aromatic heterocycles. The van der Waals surface area contributed by atoms with Gasteiger partial charge in [-0.3, -0.25) is 0 Å². The molecule has 0 fully saturated rings. The molecule has 0 N–H and O–H groups in total. The molecule has 276 valence electrons. The van der Waals surface area contributed by atoms with Gasteiger partial charge in [-0.15, -0.1) is 11.3 Å². The third-order valence-corrected chi connectivity index (χ3v) is 11.7. The lowest BCUT2D eigenvalue weighted by Crippen LogP contribution is -2.13. The van der Waals surface area contributed by atoms with Gasteiger partial charge in [0.25, 0.3) is 0 Å². The van der Waals surface area contributed by atoms with Crippen LogP contribution in [0.25, 0.3) is 31.3 Å². The summed E-state index contributed by atoms with van der Waals surface area (Å²) in [6.45, 7) is 0. The van der Waals surface area contributed by atoms with Crippen LogP contribution in [-0.2, 0) is 0 Å². The molecule has 0 aliphatic carbocycles. The average Bonchev–Trinajstić information content (AvgIpc) is 3.66. The van der Waals surface area contributed by atoms with Crippen molar-refractivity contribution in [3.05, 3.63) is 237 Å². The number of anilines is 9. The van der Waals surface area contributed by atoms with E-state index in [4.69, 9.17) is 0 Å². The third kappa shape index (κ3) is 6.87. The SMILES string of the molecule is c1ccc(-c2cccc(N(c3cccc(N(c4ccccc4)c4ccccc4)c3)c3ccc4c(c3)sc3cc(N(c5ccccc5)c5ccccc5)ccc34)c2)cc1. The zero-order valence-corrected chi connectivity index (χ0v) is 32.6. The number of para-hydroxylation sites is 4. The monoisotopic (exact) mass is 761 g/mol. The fourth-order valence-electron chi connectivity index (χ4n) is 7.91. The molecule has 0 aliphatic heterocycles. The first-order chi connectivity index (χ1) is 28.8. The lowest BCUT2D eigenvalue weighted by molar-refractivity contribution is 1.25. The van der Waals surface area contributed by atoms with Crippen LogP contribution >= 0.6 is 11.3 Å².